The average Bonchev–Trinajstić information content (AvgIpc) is 3.19. The van der Waals surface area contributed by atoms with Crippen molar-refractivity contribution in [1.82, 2.24) is 15.1 Å². The largest absolute Gasteiger partial charge is 0.496 e. The highest BCUT2D eigenvalue weighted by molar-refractivity contribution is 5.90. The second kappa shape index (κ2) is 11.9. The van der Waals surface area contributed by atoms with Crippen LogP contribution in [0, 0.1) is 0 Å². The van der Waals surface area contributed by atoms with Crippen molar-refractivity contribution < 1.29 is 19.4 Å². The van der Waals surface area contributed by atoms with Crippen LogP contribution in [0.15, 0.2) is 62.0 Å². The number of hydrogen-bond acceptors (Lipinski definition) is 5. The second-order valence-electron chi connectivity index (χ2n) is 7.66. The molecule has 1 aromatic heterocycles. The average molecular weight is 441 g/mol. The zero-order valence-electron chi connectivity index (χ0n) is 18.7. The number of nitrogens with one attached hydrogen (secondary N) is 2. The van der Waals surface area contributed by atoms with E-state index in [1.165, 1.54) is 10.9 Å². The molecule has 0 unspecified atom stereocenters. The van der Waals surface area contributed by atoms with Crippen molar-refractivity contribution in [1.29, 1.82) is 0 Å². The zero-order chi connectivity index (χ0) is 23.6. The van der Waals surface area contributed by atoms with Crippen LogP contribution in [0.4, 0.5) is 5.69 Å². The van der Waals surface area contributed by atoms with Gasteiger partial charge < -0.3 is 20.5 Å². The molecule has 1 heterocycles. The maximum atomic E-state index is 12.4. The number of methoxy groups -OCH3 is 1. The van der Waals surface area contributed by atoms with Gasteiger partial charge in [0.05, 0.1) is 30.6 Å². The van der Waals surface area contributed by atoms with E-state index >= 15 is 0 Å². The molecule has 2 rings (SSSR count). The predicted octanol–water partition coefficient (Wildman–Crippen LogP) is 2.85. The third-order valence-electron chi connectivity index (χ3n) is 5.22. The lowest BCUT2D eigenvalue weighted by molar-refractivity contribution is -0.124. The van der Waals surface area contributed by atoms with Crippen molar-refractivity contribution in [2.24, 2.45) is 0 Å². The molecule has 2 aromatic rings. The Bertz CT molecular complexity index is 928. The molecular weight excluding hydrogens is 408 g/mol. The highest BCUT2D eigenvalue weighted by Gasteiger charge is 2.32. The molecule has 1 aromatic carbocycles. The first-order valence-electron chi connectivity index (χ1n) is 10.5. The monoisotopic (exact) mass is 440 g/mol. The molecule has 0 aliphatic heterocycles. The molecule has 0 saturated heterocycles. The number of aryl methyl sites for hydroxylation is 1. The number of carbonyl (C=O) groups is 2. The molecule has 0 fully saturated rings. The Balaban J connectivity index is 1.86. The smallest absolute Gasteiger partial charge is 0.242 e. The van der Waals surface area contributed by atoms with E-state index < -0.39 is 11.6 Å². The van der Waals surface area contributed by atoms with Gasteiger partial charge in [-0.2, -0.15) is 5.10 Å². The zero-order valence-corrected chi connectivity index (χ0v) is 18.7. The van der Waals surface area contributed by atoms with E-state index in [1.54, 1.807) is 32.4 Å². The Morgan fingerprint density at radius 2 is 1.94 bits per heavy atom. The highest BCUT2D eigenvalue weighted by Crippen LogP contribution is 2.21. The van der Waals surface area contributed by atoms with Gasteiger partial charge in [0.2, 0.25) is 11.8 Å². The molecule has 0 spiro atoms. The molecule has 32 heavy (non-hydrogen) atoms. The van der Waals surface area contributed by atoms with Crippen LogP contribution in [-0.2, 0) is 22.6 Å². The second-order valence-corrected chi connectivity index (χ2v) is 7.66. The van der Waals surface area contributed by atoms with Crippen molar-refractivity contribution in [3.63, 3.8) is 0 Å². The van der Waals surface area contributed by atoms with Crippen molar-refractivity contribution in [2.75, 3.05) is 12.4 Å². The van der Waals surface area contributed by atoms with Crippen LogP contribution in [0.3, 0.4) is 0 Å². The molecule has 2 amide bonds. The topological polar surface area (TPSA) is 105 Å². The standard InChI is InChI=1S/C24H32N4O4/c1-5-13-24(31,14-6-2)18(3)26-23(30)17-28-16-20(15-25-28)27-22(29)12-11-19-9-7-8-10-21(19)32-4/h5-10,15-16,18,31H,1-2,11-14,17H2,3-4H3,(H,26,30)(H,27,29)/t18-/m1/s1. The van der Waals surface area contributed by atoms with Gasteiger partial charge in [0.25, 0.3) is 0 Å². The molecule has 8 heteroatoms. The number of ether oxygens (including phenoxy) is 1. The summed E-state index contributed by atoms with van der Waals surface area (Å²) in [6.07, 6.45) is 7.79. The van der Waals surface area contributed by atoms with E-state index in [2.05, 4.69) is 28.9 Å². The number of rotatable bonds is 13. The molecule has 0 aliphatic rings. The molecule has 0 radical (unpaired) electrons. The van der Waals surface area contributed by atoms with Gasteiger partial charge >= 0.3 is 0 Å². The number of anilines is 1. The molecule has 0 saturated carbocycles. The van der Waals surface area contributed by atoms with Gasteiger partial charge in [-0.05, 0) is 37.8 Å². The summed E-state index contributed by atoms with van der Waals surface area (Å²) in [5.74, 6) is 0.287. The van der Waals surface area contributed by atoms with Crippen molar-refractivity contribution in [3.8, 4) is 5.75 Å². The van der Waals surface area contributed by atoms with Gasteiger partial charge in [0, 0.05) is 12.6 Å². The van der Waals surface area contributed by atoms with E-state index in [-0.39, 0.29) is 24.8 Å². The molecule has 8 nitrogen and oxygen atoms in total. The number of para-hydroxylation sites is 1. The minimum absolute atomic E-state index is 0.0420. The summed E-state index contributed by atoms with van der Waals surface area (Å²) in [7, 11) is 1.60. The van der Waals surface area contributed by atoms with E-state index in [4.69, 9.17) is 4.74 Å². The number of aromatic nitrogens is 2. The number of nitrogens with zero attached hydrogens (tertiary/aromatic N) is 2. The Morgan fingerprint density at radius 3 is 2.59 bits per heavy atom. The van der Waals surface area contributed by atoms with Crippen LogP contribution in [0.5, 0.6) is 5.75 Å². The fraction of sp³-hybridized carbons (Fsp3) is 0.375. The van der Waals surface area contributed by atoms with E-state index in [1.807, 2.05) is 24.3 Å². The normalized spacial score (nSPS) is 12.0. The summed E-state index contributed by atoms with van der Waals surface area (Å²) in [6, 6.07) is 7.07. The van der Waals surface area contributed by atoms with Crippen molar-refractivity contribution in [2.45, 2.75) is 50.8 Å². The highest BCUT2D eigenvalue weighted by atomic mass is 16.5. The van der Waals surface area contributed by atoms with Crippen LogP contribution in [0.1, 0.15) is 31.7 Å². The Hall–Kier alpha value is -3.39. The Kier molecular flexibility index (Phi) is 9.22. The summed E-state index contributed by atoms with van der Waals surface area (Å²) in [4.78, 5) is 24.7. The third kappa shape index (κ3) is 7.09. The van der Waals surface area contributed by atoms with Gasteiger partial charge in [-0.15, -0.1) is 13.2 Å². The maximum Gasteiger partial charge on any atom is 0.242 e. The summed E-state index contributed by atoms with van der Waals surface area (Å²) in [6.45, 7) is 9.02. The number of carbonyl (C=O) groups excluding carboxylic acids is 2. The predicted molar refractivity (Wildman–Crippen MR) is 124 cm³/mol. The van der Waals surface area contributed by atoms with E-state index in [0.717, 1.165) is 11.3 Å². The number of benzene rings is 1. The Morgan fingerprint density at radius 1 is 1.25 bits per heavy atom. The molecule has 1 atom stereocenters. The molecular formula is C24H32N4O4. The van der Waals surface area contributed by atoms with Crippen LogP contribution in [0.25, 0.3) is 0 Å². The minimum atomic E-state index is -1.15. The summed E-state index contributed by atoms with van der Waals surface area (Å²) >= 11 is 0. The molecule has 0 aliphatic carbocycles. The fourth-order valence-corrected chi connectivity index (χ4v) is 3.40. The Labute approximate surface area is 189 Å². The lowest BCUT2D eigenvalue weighted by atomic mass is 9.88. The first kappa shape index (κ1) is 24.9. The van der Waals surface area contributed by atoms with Crippen LogP contribution < -0.4 is 15.4 Å². The van der Waals surface area contributed by atoms with Gasteiger partial charge in [-0.3, -0.25) is 14.3 Å². The fourth-order valence-electron chi connectivity index (χ4n) is 3.40. The van der Waals surface area contributed by atoms with E-state index in [9.17, 15) is 14.7 Å². The van der Waals surface area contributed by atoms with Crippen LogP contribution >= 0.6 is 0 Å². The molecule has 3 N–H and O–H groups in total. The minimum Gasteiger partial charge on any atom is -0.496 e. The number of aliphatic hydroxyl groups is 1. The number of hydrogen-bond donors (Lipinski definition) is 3. The summed E-state index contributed by atoms with van der Waals surface area (Å²) in [5, 5.41) is 20.4. The summed E-state index contributed by atoms with van der Waals surface area (Å²) < 4.78 is 6.73. The molecule has 172 valence electrons. The number of amides is 2. The van der Waals surface area contributed by atoms with E-state index in [0.29, 0.717) is 24.9 Å². The first-order valence-corrected chi connectivity index (χ1v) is 10.5. The van der Waals surface area contributed by atoms with Gasteiger partial charge in [-0.1, -0.05) is 30.4 Å². The van der Waals surface area contributed by atoms with Gasteiger partial charge in [-0.25, -0.2) is 0 Å². The SMILES string of the molecule is C=CCC(O)(CC=C)[C@@H](C)NC(=O)Cn1cc(NC(=O)CCc2ccccc2OC)cn1. The van der Waals surface area contributed by atoms with Crippen LogP contribution in [-0.4, -0.2) is 45.5 Å². The first-order chi connectivity index (χ1) is 15.3. The van der Waals surface area contributed by atoms with Crippen molar-refractivity contribution in [3.05, 3.63) is 67.5 Å². The summed E-state index contributed by atoms with van der Waals surface area (Å²) in [5.41, 5.74) is 0.314. The van der Waals surface area contributed by atoms with Gasteiger partial charge in [0.15, 0.2) is 0 Å². The molecule has 0 bridgehead atoms. The van der Waals surface area contributed by atoms with Gasteiger partial charge in [0.1, 0.15) is 12.3 Å². The quantitative estimate of drug-likeness (QED) is 0.416. The lowest BCUT2D eigenvalue weighted by Crippen LogP contribution is -2.51. The maximum absolute atomic E-state index is 12.4. The van der Waals surface area contributed by atoms with Crippen LogP contribution in [0.2, 0.25) is 0 Å². The lowest BCUT2D eigenvalue weighted by Gasteiger charge is -2.33. The third-order valence-corrected chi connectivity index (χ3v) is 5.22. The van der Waals surface area contributed by atoms with Crippen molar-refractivity contribution >= 4 is 17.5 Å².